The number of benzene rings is 1. The van der Waals surface area contributed by atoms with Crippen LogP contribution in [0.2, 0.25) is 0 Å². The largest absolute Gasteiger partial charge is 0.393 e. The molecule has 0 aliphatic carbocycles. The molecule has 1 aromatic carbocycles. The molecule has 0 aromatic heterocycles. The van der Waals surface area contributed by atoms with Crippen molar-refractivity contribution in [3.05, 3.63) is 29.3 Å². The minimum atomic E-state index is -0.264. The summed E-state index contributed by atoms with van der Waals surface area (Å²) >= 11 is 0. The molecular weight excluding hydrogens is 314 g/mol. The molecule has 0 amide bonds. The van der Waals surface area contributed by atoms with Gasteiger partial charge >= 0.3 is 0 Å². The topological polar surface area (TPSA) is 48.0 Å². The summed E-state index contributed by atoms with van der Waals surface area (Å²) in [6.07, 6.45) is 1.93. The molecule has 0 unspecified atom stereocenters. The predicted molar refractivity (Wildman–Crippen MR) is 100 cm³/mol. The first-order valence-electron chi connectivity index (χ1n) is 9.72. The van der Waals surface area contributed by atoms with Gasteiger partial charge in [0.1, 0.15) is 0 Å². The third-order valence-electron chi connectivity index (χ3n) is 6.40. The molecule has 3 aliphatic rings. The van der Waals surface area contributed by atoms with E-state index in [1.165, 1.54) is 16.8 Å². The van der Waals surface area contributed by atoms with E-state index >= 15 is 0 Å². The van der Waals surface area contributed by atoms with Crippen LogP contribution in [0.3, 0.4) is 0 Å². The van der Waals surface area contributed by atoms with Gasteiger partial charge in [-0.2, -0.15) is 0 Å². The molecule has 1 aromatic rings. The fourth-order valence-electron chi connectivity index (χ4n) is 4.88. The standard InChI is InChI=1S/C20H31N3O2/c1-14(24)18-13-23-6-5-15-3-4-16(22-7-9-25-10-8-22)11-17(15)20(23)12-19(18)21-2/h3-4,11,14,18-21,24H,5-10,12-13H2,1-2H3/t14-,18-,19-,20-/m0/s1. The lowest BCUT2D eigenvalue weighted by Crippen LogP contribution is -2.54. The third kappa shape index (κ3) is 3.31. The van der Waals surface area contributed by atoms with E-state index in [1.54, 1.807) is 0 Å². The molecule has 2 N–H and O–H groups in total. The van der Waals surface area contributed by atoms with Crippen molar-refractivity contribution in [3.8, 4) is 0 Å². The van der Waals surface area contributed by atoms with Crippen LogP contribution in [-0.2, 0) is 11.2 Å². The van der Waals surface area contributed by atoms with Gasteiger partial charge in [-0.15, -0.1) is 0 Å². The Kier molecular flexibility index (Phi) is 5.00. The Balaban J connectivity index is 1.61. The van der Waals surface area contributed by atoms with Crippen molar-refractivity contribution in [2.75, 3.05) is 51.3 Å². The van der Waals surface area contributed by atoms with Gasteiger partial charge in [0, 0.05) is 49.9 Å². The van der Waals surface area contributed by atoms with Crippen LogP contribution in [0.15, 0.2) is 18.2 Å². The molecule has 138 valence electrons. The summed E-state index contributed by atoms with van der Waals surface area (Å²) in [6.45, 7) is 7.63. The summed E-state index contributed by atoms with van der Waals surface area (Å²) in [5.41, 5.74) is 4.34. The average Bonchev–Trinajstić information content (AvgIpc) is 2.67. The first-order valence-corrected chi connectivity index (χ1v) is 9.72. The summed E-state index contributed by atoms with van der Waals surface area (Å²) < 4.78 is 5.50. The highest BCUT2D eigenvalue weighted by Crippen LogP contribution is 2.40. The number of piperidine rings is 1. The van der Waals surface area contributed by atoms with Crippen LogP contribution >= 0.6 is 0 Å². The van der Waals surface area contributed by atoms with E-state index in [9.17, 15) is 5.11 Å². The molecule has 0 saturated carbocycles. The number of aliphatic hydroxyl groups is 1. The fourth-order valence-corrected chi connectivity index (χ4v) is 4.88. The van der Waals surface area contributed by atoms with E-state index in [-0.39, 0.29) is 6.10 Å². The van der Waals surface area contributed by atoms with E-state index in [0.717, 1.165) is 52.2 Å². The second-order valence-electron chi connectivity index (χ2n) is 7.78. The van der Waals surface area contributed by atoms with Gasteiger partial charge in [0.2, 0.25) is 0 Å². The second kappa shape index (κ2) is 7.23. The van der Waals surface area contributed by atoms with Gasteiger partial charge in [-0.3, -0.25) is 4.90 Å². The summed E-state index contributed by atoms with van der Waals surface area (Å²) in [5, 5.41) is 13.7. The quantitative estimate of drug-likeness (QED) is 0.867. The first kappa shape index (κ1) is 17.3. The highest BCUT2D eigenvalue weighted by atomic mass is 16.5. The van der Waals surface area contributed by atoms with Gasteiger partial charge in [-0.1, -0.05) is 6.07 Å². The predicted octanol–water partition coefficient (Wildman–Crippen LogP) is 1.41. The average molecular weight is 345 g/mol. The van der Waals surface area contributed by atoms with E-state index < -0.39 is 0 Å². The molecule has 2 fully saturated rings. The van der Waals surface area contributed by atoms with Crippen molar-refractivity contribution in [1.82, 2.24) is 10.2 Å². The molecule has 25 heavy (non-hydrogen) atoms. The maximum Gasteiger partial charge on any atom is 0.0642 e. The Bertz CT molecular complexity index is 601. The first-order chi connectivity index (χ1) is 12.2. The van der Waals surface area contributed by atoms with Crippen LogP contribution in [0.5, 0.6) is 0 Å². The van der Waals surface area contributed by atoms with E-state index in [1.807, 2.05) is 14.0 Å². The van der Waals surface area contributed by atoms with Gasteiger partial charge in [0.25, 0.3) is 0 Å². The monoisotopic (exact) mass is 345 g/mol. The molecule has 2 saturated heterocycles. The lowest BCUT2D eigenvalue weighted by molar-refractivity contribution is 0.00853. The van der Waals surface area contributed by atoms with Crippen LogP contribution in [0.1, 0.15) is 30.5 Å². The fraction of sp³-hybridized carbons (Fsp3) is 0.700. The van der Waals surface area contributed by atoms with Crippen molar-refractivity contribution in [2.45, 2.75) is 38.0 Å². The molecule has 0 bridgehead atoms. The van der Waals surface area contributed by atoms with Gasteiger partial charge < -0.3 is 20.1 Å². The van der Waals surface area contributed by atoms with Crippen LogP contribution < -0.4 is 10.2 Å². The molecule has 0 spiro atoms. The van der Waals surface area contributed by atoms with Gasteiger partial charge in [0.05, 0.1) is 19.3 Å². The van der Waals surface area contributed by atoms with E-state index in [0.29, 0.717) is 18.0 Å². The maximum absolute atomic E-state index is 10.2. The van der Waals surface area contributed by atoms with Crippen LogP contribution in [0.25, 0.3) is 0 Å². The smallest absolute Gasteiger partial charge is 0.0642 e. The molecule has 0 radical (unpaired) electrons. The van der Waals surface area contributed by atoms with Gasteiger partial charge in [-0.25, -0.2) is 0 Å². The molecule has 5 nitrogen and oxygen atoms in total. The number of aliphatic hydroxyl groups excluding tert-OH is 1. The molecule has 3 aliphatic heterocycles. The minimum absolute atomic E-state index is 0.264. The molecular formula is C20H31N3O2. The summed E-state index contributed by atoms with van der Waals surface area (Å²) in [7, 11) is 2.03. The number of nitrogens with one attached hydrogen (secondary N) is 1. The summed E-state index contributed by atoms with van der Waals surface area (Å²) in [6, 6.07) is 7.90. The molecule has 4 atom stereocenters. The number of nitrogens with zero attached hydrogens (tertiary/aromatic N) is 2. The van der Waals surface area contributed by atoms with E-state index in [4.69, 9.17) is 4.74 Å². The van der Waals surface area contributed by atoms with Crippen molar-refractivity contribution in [3.63, 3.8) is 0 Å². The number of rotatable bonds is 3. The third-order valence-corrected chi connectivity index (χ3v) is 6.40. The Morgan fingerprint density at radius 2 is 2.04 bits per heavy atom. The normalized spacial score (nSPS) is 31.3. The van der Waals surface area contributed by atoms with Crippen LogP contribution in [0, 0.1) is 5.92 Å². The zero-order valence-electron chi connectivity index (χ0n) is 15.4. The zero-order chi connectivity index (χ0) is 17.4. The minimum Gasteiger partial charge on any atom is -0.393 e. The number of ether oxygens (including phenoxy) is 1. The van der Waals surface area contributed by atoms with Crippen LogP contribution in [0.4, 0.5) is 5.69 Å². The summed E-state index contributed by atoms with van der Waals surface area (Å²) in [4.78, 5) is 5.04. The van der Waals surface area contributed by atoms with Crippen molar-refractivity contribution in [1.29, 1.82) is 0 Å². The van der Waals surface area contributed by atoms with Gasteiger partial charge in [-0.05, 0) is 50.1 Å². The second-order valence-corrected chi connectivity index (χ2v) is 7.78. The molecule has 3 heterocycles. The number of morpholine rings is 1. The van der Waals surface area contributed by atoms with Crippen LogP contribution in [-0.4, -0.2) is 68.6 Å². The Morgan fingerprint density at radius 1 is 1.24 bits per heavy atom. The molecule has 5 heteroatoms. The van der Waals surface area contributed by atoms with Crippen molar-refractivity contribution < 1.29 is 9.84 Å². The highest BCUT2D eigenvalue weighted by Gasteiger charge is 2.40. The van der Waals surface area contributed by atoms with Gasteiger partial charge in [0.15, 0.2) is 0 Å². The van der Waals surface area contributed by atoms with E-state index in [2.05, 4.69) is 33.3 Å². The lowest BCUT2D eigenvalue weighted by Gasteiger charge is -2.48. The maximum atomic E-state index is 10.2. The summed E-state index contributed by atoms with van der Waals surface area (Å²) in [5.74, 6) is 0.310. The molecule has 4 rings (SSSR count). The lowest BCUT2D eigenvalue weighted by atomic mass is 9.78. The Hall–Kier alpha value is -1.14. The number of hydrogen-bond donors (Lipinski definition) is 2. The number of anilines is 1. The highest BCUT2D eigenvalue weighted by molar-refractivity contribution is 5.53. The zero-order valence-corrected chi connectivity index (χ0v) is 15.4. The Morgan fingerprint density at radius 3 is 2.76 bits per heavy atom. The number of hydrogen-bond acceptors (Lipinski definition) is 5. The van der Waals surface area contributed by atoms with Crippen molar-refractivity contribution in [2.24, 2.45) is 5.92 Å². The number of fused-ring (bicyclic) bond motifs is 3. The Labute approximate surface area is 151 Å². The van der Waals surface area contributed by atoms with Crippen molar-refractivity contribution >= 4 is 5.69 Å². The SMILES string of the molecule is CN[C@H]1C[C@H]2c3cc(N4CCOCC4)ccc3CCN2C[C@H]1[C@H](C)O.